The van der Waals surface area contributed by atoms with Crippen LogP contribution in [0.3, 0.4) is 0 Å². The molecular weight excluding hydrogens is 619 g/mol. The highest BCUT2D eigenvalue weighted by atomic mass is 32.7. The molecule has 0 aliphatic carbocycles. The summed E-state index contributed by atoms with van der Waals surface area (Å²) in [5.41, 5.74) is 0. The maximum Gasteiger partial charge on any atom is 0.386 e. The Bertz CT molecular complexity index is 880. The zero-order chi connectivity index (χ0) is 29.0. The van der Waals surface area contributed by atoms with E-state index in [1.807, 2.05) is 34.6 Å². The van der Waals surface area contributed by atoms with Gasteiger partial charge in [-0.05, 0) is 65.2 Å². The van der Waals surface area contributed by atoms with E-state index in [1.165, 1.54) is 0 Å². The fraction of sp³-hybridized carbons (Fsp3) is 1.00. The van der Waals surface area contributed by atoms with Crippen molar-refractivity contribution in [3.63, 3.8) is 0 Å². The highest BCUT2D eigenvalue weighted by molar-refractivity contribution is 8.44. The smallest absolute Gasteiger partial charge is 0.373 e. The molecule has 5 unspecified atom stereocenters. The lowest BCUT2D eigenvalue weighted by Crippen LogP contribution is -2.31. The molecule has 0 spiro atoms. The lowest BCUT2D eigenvalue weighted by atomic mass is 10.0. The van der Waals surface area contributed by atoms with Crippen molar-refractivity contribution < 1.29 is 46.5 Å². The first-order valence-corrected chi connectivity index (χ1v) is 19.3. The summed E-state index contributed by atoms with van der Waals surface area (Å²) in [6, 6.07) is 0. The molecule has 0 bridgehead atoms. The summed E-state index contributed by atoms with van der Waals surface area (Å²) in [6.07, 6.45) is 1.29. The first-order valence-electron chi connectivity index (χ1n) is 14.1. The van der Waals surface area contributed by atoms with Gasteiger partial charge in [0.05, 0.1) is 62.0 Å². The molecule has 3 aliphatic rings. The van der Waals surface area contributed by atoms with Crippen LogP contribution in [0.4, 0.5) is 0 Å². The van der Waals surface area contributed by atoms with Gasteiger partial charge in [-0.15, -0.1) is 0 Å². The van der Waals surface area contributed by atoms with Crippen LogP contribution in [0.25, 0.3) is 0 Å². The molecular formula is C25H48B3O10P2S2. The average molecular weight is 667 g/mol. The van der Waals surface area contributed by atoms with E-state index >= 15 is 0 Å². The Kier molecular flexibility index (Phi) is 19.5. The first kappa shape index (κ1) is 43.1. The summed E-state index contributed by atoms with van der Waals surface area (Å²) < 4.78 is 59.8. The molecule has 1 N–H and O–H groups in total. The third-order valence-corrected chi connectivity index (χ3v) is 10.2. The van der Waals surface area contributed by atoms with E-state index in [0.717, 1.165) is 19.3 Å². The van der Waals surface area contributed by atoms with E-state index in [1.54, 1.807) is 0 Å². The van der Waals surface area contributed by atoms with Gasteiger partial charge in [-0.3, -0.25) is 9.05 Å². The second kappa shape index (κ2) is 19.0. The van der Waals surface area contributed by atoms with Crippen molar-refractivity contribution in [3.8, 4) is 0 Å². The molecule has 3 aliphatic heterocycles. The van der Waals surface area contributed by atoms with Crippen molar-refractivity contribution in [2.24, 2.45) is 5.92 Å². The SMILES string of the molecule is CC(C)CC[C@H]1O[C@@H](C)CC1OP(O)(=S)OC[C@H]1O[C@@H](C)CC1OP(=O)(S)OC[C@H]1O[C@@H](C)CC1OC(C)C.[B].[B].[B]. The van der Waals surface area contributed by atoms with E-state index in [2.05, 4.69) is 26.1 Å². The molecule has 3 fully saturated rings. The molecule has 42 heavy (non-hydrogen) atoms. The summed E-state index contributed by atoms with van der Waals surface area (Å²) in [5, 5.41) is 0. The number of ether oxygens (including phenoxy) is 4. The van der Waals surface area contributed by atoms with Gasteiger partial charge in [0.25, 0.3) is 0 Å². The van der Waals surface area contributed by atoms with Crippen LogP contribution in [0, 0.1) is 5.92 Å². The predicted octanol–water partition coefficient (Wildman–Crippen LogP) is 4.66. The Morgan fingerprint density at radius 2 is 1.26 bits per heavy atom. The Hall–Kier alpha value is 1.06. The minimum absolute atomic E-state index is 0. The molecule has 17 heteroatoms. The predicted molar refractivity (Wildman–Crippen MR) is 173 cm³/mol. The lowest BCUT2D eigenvalue weighted by Gasteiger charge is -2.27. The minimum Gasteiger partial charge on any atom is -0.373 e. The van der Waals surface area contributed by atoms with Gasteiger partial charge >= 0.3 is 13.5 Å². The Morgan fingerprint density at radius 1 is 0.810 bits per heavy atom. The first-order chi connectivity index (χ1) is 18.1. The van der Waals surface area contributed by atoms with Gasteiger partial charge in [0.15, 0.2) is 0 Å². The third kappa shape index (κ3) is 14.2. The van der Waals surface area contributed by atoms with Crippen molar-refractivity contribution in [2.45, 2.75) is 142 Å². The van der Waals surface area contributed by atoms with Gasteiger partial charge in [-0.25, -0.2) is 4.57 Å². The fourth-order valence-electron chi connectivity index (χ4n) is 5.26. The summed E-state index contributed by atoms with van der Waals surface area (Å²) in [5.74, 6) is 0.535. The van der Waals surface area contributed by atoms with Gasteiger partial charge in [0.1, 0.15) is 12.2 Å². The maximum atomic E-state index is 13.1. The standard InChI is InChI=1S/C25H48O10P2S2.3B/c1-15(2)8-9-20-22(11-18(6)31-20)34-36(26,38)29-14-25-23(12-19(7)33-25)35-37(27,39)28-13-24-21(30-16(3)4)10-17(5)32-24;;;/h15-25H,8-14H2,1-7H3,(H,26,38)(H,27,39);;;/t17-,18-,19-,20+,21?,22?,23?,24+,25+,36?,37?;;;/m0.../s1. The largest absolute Gasteiger partial charge is 0.386 e. The molecule has 3 rings (SSSR count). The van der Waals surface area contributed by atoms with Crippen molar-refractivity contribution in [2.75, 3.05) is 13.2 Å². The molecule has 0 aromatic heterocycles. The second-order valence-corrected chi connectivity index (χ2v) is 17.3. The summed E-state index contributed by atoms with van der Waals surface area (Å²) >= 11 is 9.52. The molecule has 9 radical (unpaired) electrons. The van der Waals surface area contributed by atoms with Gasteiger partial charge in [-0.1, -0.05) is 26.1 Å². The zero-order valence-corrected chi connectivity index (χ0v) is 29.4. The molecule has 0 saturated carbocycles. The van der Waals surface area contributed by atoms with Crippen LogP contribution in [-0.4, -0.2) is 104 Å². The molecule has 3 saturated heterocycles. The topological polar surface area (TPSA) is 111 Å². The third-order valence-electron chi connectivity index (χ3n) is 6.97. The van der Waals surface area contributed by atoms with Crippen LogP contribution in [0.2, 0.25) is 0 Å². The van der Waals surface area contributed by atoms with Gasteiger partial charge in [0, 0.05) is 44.5 Å². The molecule has 0 aromatic carbocycles. The van der Waals surface area contributed by atoms with Crippen LogP contribution in [0.5, 0.6) is 0 Å². The molecule has 0 aromatic rings. The van der Waals surface area contributed by atoms with Crippen molar-refractivity contribution in [3.05, 3.63) is 0 Å². The number of rotatable bonds is 15. The Labute approximate surface area is 269 Å². The lowest BCUT2D eigenvalue weighted by molar-refractivity contribution is -0.0614. The van der Waals surface area contributed by atoms with Gasteiger partial charge in [-0.2, -0.15) is 0 Å². The summed E-state index contributed by atoms with van der Waals surface area (Å²) in [4.78, 5) is 10.8. The molecule has 11 atom stereocenters. The highest BCUT2D eigenvalue weighted by Gasteiger charge is 2.42. The fourth-order valence-corrected chi connectivity index (χ4v) is 8.26. The molecule has 3 heterocycles. The van der Waals surface area contributed by atoms with Crippen LogP contribution in [-0.2, 0) is 53.4 Å². The van der Waals surface area contributed by atoms with Crippen LogP contribution in [0.1, 0.15) is 80.6 Å². The van der Waals surface area contributed by atoms with E-state index in [4.69, 9.17) is 48.8 Å². The van der Waals surface area contributed by atoms with Crippen molar-refractivity contribution in [1.82, 2.24) is 0 Å². The van der Waals surface area contributed by atoms with Crippen LogP contribution < -0.4 is 0 Å². The van der Waals surface area contributed by atoms with Gasteiger partial charge < -0.3 is 32.9 Å². The number of hydrogen-bond donors (Lipinski definition) is 2. The van der Waals surface area contributed by atoms with E-state index in [0.29, 0.717) is 18.8 Å². The van der Waals surface area contributed by atoms with Gasteiger partial charge in [0.2, 0.25) is 0 Å². The Morgan fingerprint density at radius 3 is 1.79 bits per heavy atom. The van der Waals surface area contributed by atoms with E-state index in [9.17, 15) is 9.46 Å². The summed E-state index contributed by atoms with van der Waals surface area (Å²) in [6.45, 7) is 6.66. The normalized spacial score (nSPS) is 35.7. The molecule has 239 valence electrons. The molecule has 0 amide bonds. The van der Waals surface area contributed by atoms with E-state index in [-0.39, 0.29) is 87.3 Å². The number of thiol groups is 1. The van der Waals surface area contributed by atoms with Crippen LogP contribution in [0.15, 0.2) is 0 Å². The minimum atomic E-state index is -3.76. The molecule has 10 nitrogen and oxygen atoms in total. The van der Waals surface area contributed by atoms with Crippen molar-refractivity contribution in [1.29, 1.82) is 0 Å². The van der Waals surface area contributed by atoms with Crippen LogP contribution >= 0.6 is 25.8 Å². The quantitative estimate of drug-likeness (QED) is 0.145. The van der Waals surface area contributed by atoms with E-state index < -0.39 is 25.7 Å². The zero-order valence-electron chi connectivity index (χ0n) is 25.9. The highest BCUT2D eigenvalue weighted by Crippen LogP contribution is 2.56. The average Bonchev–Trinajstić information content (AvgIpc) is 3.44. The summed E-state index contributed by atoms with van der Waals surface area (Å²) in [7, 11) is 0. The van der Waals surface area contributed by atoms with Crippen molar-refractivity contribution >= 4 is 62.8 Å². The monoisotopic (exact) mass is 667 g/mol. The maximum absolute atomic E-state index is 13.1. The Balaban J connectivity index is 0.00000560. The number of hydrogen-bond acceptors (Lipinski definition) is 10. The second-order valence-electron chi connectivity index (χ2n) is 11.7.